The number of rotatable bonds is 11. The van der Waals surface area contributed by atoms with E-state index < -0.39 is 0 Å². The van der Waals surface area contributed by atoms with Crippen molar-refractivity contribution in [2.75, 3.05) is 53.2 Å². The third-order valence-electron chi connectivity index (χ3n) is 5.31. The number of guanidine groups is 1. The second-order valence-corrected chi connectivity index (χ2v) is 7.69. The molecular formula is C25H36N4O3. The predicted octanol–water partition coefficient (Wildman–Crippen LogP) is 2.80. The van der Waals surface area contributed by atoms with Crippen molar-refractivity contribution >= 4 is 5.96 Å². The zero-order valence-electron chi connectivity index (χ0n) is 19.3. The van der Waals surface area contributed by atoms with Gasteiger partial charge in [0.15, 0.2) is 5.96 Å². The zero-order chi connectivity index (χ0) is 22.4. The van der Waals surface area contributed by atoms with Crippen molar-refractivity contribution in [1.82, 2.24) is 15.5 Å². The van der Waals surface area contributed by atoms with Crippen LogP contribution >= 0.6 is 0 Å². The lowest BCUT2D eigenvalue weighted by Crippen LogP contribution is -2.38. The molecule has 7 nitrogen and oxygen atoms in total. The third kappa shape index (κ3) is 8.15. The van der Waals surface area contributed by atoms with Gasteiger partial charge in [0.2, 0.25) is 0 Å². The molecule has 1 saturated heterocycles. The molecule has 1 heterocycles. The maximum Gasteiger partial charge on any atom is 0.191 e. The molecule has 0 bridgehead atoms. The molecule has 0 saturated carbocycles. The van der Waals surface area contributed by atoms with Gasteiger partial charge < -0.3 is 24.8 Å². The van der Waals surface area contributed by atoms with Crippen molar-refractivity contribution in [1.29, 1.82) is 0 Å². The van der Waals surface area contributed by atoms with E-state index in [1.54, 1.807) is 7.11 Å². The van der Waals surface area contributed by atoms with Gasteiger partial charge >= 0.3 is 0 Å². The third-order valence-corrected chi connectivity index (χ3v) is 5.31. The minimum atomic E-state index is 0.551. The SMILES string of the molecule is CCNC(=NCc1ccc(OCCOC)cc1)NCc1ccccc1CN1CCOCC1. The maximum atomic E-state index is 5.62. The number of nitrogens with zero attached hydrogens (tertiary/aromatic N) is 2. The van der Waals surface area contributed by atoms with Crippen molar-refractivity contribution < 1.29 is 14.2 Å². The molecule has 1 aliphatic rings. The number of hydrogen-bond acceptors (Lipinski definition) is 5. The van der Waals surface area contributed by atoms with Gasteiger partial charge in [0.25, 0.3) is 0 Å². The molecule has 2 aromatic rings. The summed E-state index contributed by atoms with van der Waals surface area (Å²) >= 11 is 0. The highest BCUT2D eigenvalue weighted by molar-refractivity contribution is 5.79. The van der Waals surface area contributed by atoms with E-state index in [-0.39, 0.29) is 0 Å². The number of hydrogen-bond donors (Lipinski definition) is 2. The van der Waals surface area contributed by atoms with Crippen LogP contribution in [0.3, 0.4) is 0 Å². The Morgan fingerprint density at radius 1 is 1.00 bits per heavy atom. The highest BCUT2D eigenvalue weighted by atomic mass is 16.5. The molecule has 0 spiro atoms. The Morgan fingerprint density at radius 2 is 1.75 bits per heavy atom. The number of aliphatic imine (C=N–C) groups is 1. The van der Waals surface area contributed by atoms with Crippen molar-refractivity contribution in [3.63, 3.8) is 0 Å². The van der Waals surface area contributed by atoms with Crippen molar-refractivity contribution in [3.05, 3.63) is 65.2 Å². The van der Waals surface area contributed by atoms with Crippen LogP contribution in [0.4, 0.5) is 0 Å². The molecule has 0 atom stereocenters. The molecule has 174 valence electrons. The van der Waals surface area contributed by atoms with Crippen LogP contribution in [0, 0.1) is 0 Å². The van der Waals surface area contributed by atoms with Crippen LogP contribution in [0.2, 0.25) is 0 Å². The fourth-order valence-corrected chi connectivity index (χ4v) is 3.51. The standard InChI is InChI=1S/C25H36N4O3/c1-3-26-25(27-18-21-8-10-24(11-9-21)32-17-16-30-2)28-19-22-6-4-5-7-23(22)20-29-12-14-31-15-13-29/h4-11H,3,12-20H2,1-2H3,(H2,26,27,28). The van der Waals surface area contributed by atoms with Gasteiger partial charge in [0.05, 0.1) is 26.4 Å². The van der Waals surface area contributed by atoms with E-state index >= 15 is 0 Å². The number of nitrogens with one attached hydrogen (secondary N) is 2. The lowest BCUT2D eigenvalue weighted by molar-refractivity contribution is 0.0341. The van der Waals surface area contributed by atoms with Crippen LogP contribution in [0.25, 0.3) is 0 Å². The second-order valence-electron chi connectivity index (χ2n) is 7.69. The summed E-state index contributed by atoms with van der Waals surface area (Å²) in [5.41, 5.74) is 3.78. The van der Waals surface area contributed by atoms with Crippen molar-refractivity contribution in [3.8, 4) is 5.75 Å². The van der Waals surface area contributed by atoms with Gasteiger partial charge in [-0.3, -0.25) is 4.90 Å². The fourth-order valence-electron chi connectivity index (χ4n) is 3.51. The predicted molar refractivity (Wildman–Crippen MR) is 128 cm³/mol. The summed E-state index contributed by atoms with van der Waals surface area (Å²) in [4.78, 5) is 7.20. The quantitative estimate of drug-likeness (QED) is 0.318. The Bertz CT molecular complexity index is 820. The zero-order valence-corrected chi connectivity index (χ0v) is 19.3. The Kier molecular flexibility index (Phi) is 10.3. The lowest BCUT2D eigenvalue weighted by atomic mass is 10.1. The molecule has 0 aliphatic carbocycles. The van der Waals surface area contributed by atoms with Crippen LogP contribution in [-0.2, 0) is 29.1 Å². The first kappa shape index (κ1) is 24.0. The van der Waals surface area contributed by atoms with Gasteiger partial charge in [-0.25, -0.2) is 4.99 Å². The van der Waals surface area contributed by atoms with Crippen LogP contribution in [0.15, 0.2) is 53.5 Å². The number of benzene rings is 2. The highest BCUT2D eigenvalue weighted by Crippen LogP contribution is 2.14. The number of morpholine rings is 1. The van der Waals surface area contributed by atoms with Crippen molar-refractivity contribution in [2.45, 2.75) is 26.6 Å². The molecule has 0 unspecified atom stereocenters. The molecule has 0 amide bonds. The fraction of sp³-hybridized carbons (Fsp3) is 0.480. The van der Waals surface area contributed by atoms with Gasteiger partial charge in [-0.05, 0) is 35.7 Å². The molecule has 0 aromatic heterocycles. The number of methoxy groups -OCH3 is 1. The summed E-state index contributed by atoms with van der Waals surface area (Å²) in [6.45, 7) is 9.92. The highest BCUT2D eigenvalue weighted by Gasteiger charge is 2.12. The lowest BCUT2D eigenvalue weighted by Gasteiger charge is -2.27. The Balaban J connectivity index is 1.55. The molecule has 2 N–H and O–H groups in total. The van der Waals surface area contributed by atoms with E-state index in [1.165, 1.54) is 11.1 Å². The molecule has 3 rings (SSSR count). The largest absolute Gasteiger partial charge is 0.491 e. The van der Waals surface area contributed by atoms with E-state index in [4.69, 9.17) is 19.2 Å². The van der Waals surface area contributed by atoms with Gasteiger partial charge in [-0.2, -0.15) is 0 Å². The topological polar surface area (TPSA) is 67.4 Å². The first-order valence-corrected chi connectivity index (χ1v) is 11.4. The van der Waals surface area contributed by atoms with E-state index in [9.17, 15) is 0 Å². The smallest absolute Gasteiger partial charge is 0.191 e. The molecule has 7 heteroatoms. The summed E-state index contributed by atoms with van der Waals surface area (Å²) in [6, 6.07) is 16.7. The van der Waals surface area contributed by atoms with E-state index in [1.807, 2.05) is 24.3 Å². The Labute approximate surface area is 191 Å². The molecule has 32 heavy (non-hydrogen) atoms. The summed E-state index contributed by atoms with van der Waals surface area (Å²) < 4.78 is 16.1. The maximum absolute atomic E-state index is 5.62. The van der Waals surface area contributed by atoms with Gasteiger partial charge in [-0.15, -0.1) is 0 Å². The van der Waals surface area contributed by atoms with Gasteiger partial charge in [0.1, 0.15) is 12.4 Å². The minimum Gasteiger partial charge on any atom is -0.491 e. The monoisotopic (exact) mass is 440 g/mol. The first-order chi connectivity index (χ1) is 15.8. The summed E-state index contributed by atoms with van der Waals surface area (Å²) in [6.07, 6.45) is 0. The molecular weight excluding hydrogens is 404 g/mol. The van der Waals surface area contributed by atoms with E-state index in [0.29, 0.717) is 19.8 Å². The summed E-state index contributed by atoms with van der Waals surface area (Å²) in [7, 11) is 1.67. The number of ether oxygens (including phenoxy) is 3. The van der Waals surface area contributed by atoms with Gasteiger partial charge in [-0.1, -0.05) is 36.4 Å². The molecule has 1 aliphatic heterocycles. The molecule has 2 aromatic carbocycles. The average molecular weight is 441 g/mol. The van der Waals surface area contributed by atoms with Crippen molar-refractivity contribution in [2.24, 2.45) is 4.99 Å². The van der Waals surface area contributed by atoms with Crippen LogP contribution in [0.1, 0.15) is 23.6 Å². The first-order valence-electron chi connectivity index (χ1n) is 11.4. The average Bonchev–Trinajstić information content (AvgIpc) is 2.83. The van der Waals surface area contributed by atoms with Crippen LogP contribution in [-0.4, -0.2) is 64.0 Å². The molecule has 1 fully saturated rings. The molecule has 0 radical (unpaired) electrons. The van der Waals surface area contributed by atoms with Gasteiger partial charge in [0, 0.05) is 39.8 Å². The summed E-state index contributed by atoms with van der Waals surface area (Å²) in [5, 5.41) is 6.83. The van der Waals surface area contributed by atoms with E-state index in [0.717, 1.165) is 63.2 Å². The van der Waals surface area contributed by atoms with Crippen LogP contribution < -0.4 is 15.4 Å². The van der Waals surface area contributed by atoms with E-state index in [2.05, 4.69) is 46.7 Å². The van der Waals surface area contributed by atoms with Crippen LogP contribution in [0.5, 0.6) is 5.75 Å². The minimum absolute atomic E-state index is 0.551. The second kappa shape index (κ2) is 13.7. The summed E-state index contributed by atoms with van der Waals surface area (Å²) in [5.74, 6) is 1.66. The Hall–Kier alpha value is -2.61. The normalized spacial score (nSPS) is 14.9. The Morgan fingerprint density at radius 3 is 2.47 bits per heavy atom.